The van der Waals surface area contributed by atoms with Crippen LogP contribution in [0.4, 0.5) is 28.4 Å². The van der Waals surface area contributed by atoms with E-state index in [2.05, 4.69) is 52.8 Å². The third-order valence-electron chi connectivity index (χ3n) is 7.01. The van der Waals surface area contributed by atoms with E-state index >= 15 is 0 Å². The minimum absolute atomic E-state index is 0. The van der Waals surface area contributed by atoms with Gasteiger partial charge < -0.3 is 35.7 Å². The molecule has 4 rings (SSSR count). The Labute approximate surface area is 492 Å². The second-order valence-corrected chi connectivity index (χ2v) is 19.2. The molecule has 0 fully saturated rings. The molecule has 328 valence electrons. The van der Waals surface area contributed by atoms with Crippen LogP contribution in [0.3, 0.4) is 0 Å². The molecule has 4 aromatic carbocycles. The zero-order valence-electron chi connectivity index (χ0n) is 33.8. The first-order valence-electron chi connectivity index (χ1n) is 14.9. The molecule has 0 saturated carbocycles. The predicted octanol–water partition coefficient (Wildman–Crippen LogP) is -13.8. The fourth-order valence-corrected chi connectivity index (χ4v) is 9.13. The van der Waals surface area contributed by atoms with E-state index in [1.54, 1.807) is 0 Å². The zero-order valence-corrected chi connectivity index (χ0v) is 49.5. The van der Waals surface area contributed by atoms with E-state index in [1.807, 2.05) is 0 Å². The Hall–Kier alpha value is 1.27. The van der Waals surface area contributed by atoms with Gasteiger partial charge in [0.05, 0.1) is 90.0 Å². The minimum Gasteiger partial charge on any atom is -0.744 e. The molecule has 0 aliphatic heterocycles. The molecule has 39 heteroatoms. The Morgan fingerprint density at radius 1 is 0.631 bits per heavy atom. The van der Waals surface area contributed by atoms with Crippen molar-refractivity contribution in [3.63, 3.8) is 0 Å². The van der Waals surface area contributed by atoms with Gasteiger partial charge in [0.15, 0.2) is 37.7 Å². The van der Waals surface area contributed by atoms with Gasteiger partial charge in [-0.15, -0.1) is 19.7 Å². The van der Waals surface area contributed by atoms with Crippen LogP contribution in [-0.2, 0) is 76.7 Å². The van der Waals surface area contributed by atoms with E-state index in [-0.39, 0.29) is 216 Å². The molecule has 0 aliphatic rings. The Kier molecular flexibility index (Phi) is 33.3. The van der Waals surface area contributed by atoms with Crippen molar-refractivity contribution in [3.05, 3.63) is 54.6 Å². The number of azo groups is 2. The van der Waals surface area contributed by atoms with Crippen molar-refractivity contribution in [2.45, 2.75) is 24.5 Å². The number of nitrogens with two attached hydrogens (primary N) is 1. The maximum atomic E-state index is 12.7. The number of hydrogen-bond donors (Lipinski definition) is 2. The molecular weight excluding hydrogens is 1070 g/mol. The van der Waals surface area contributed by atoms with Gasteiger partial charge in [-0.2, -0.15) is 13.8 Å². The molecule has 0 unspecified atom stereocenters. The molecule has 65 heavy (non-hydrogen) atoms. The predicted molar refractivity (Wildman–Crippen MR) is 191 cm³/mol. The number of phenolic OH excluding ortho intramolecular Hbond substituents is 1. The maximum absolute atomic E-state index is 12.7. The number of nitrogen functional groups attached to an aromatic ring is 1. The fraction of sp³-hybridized carbons (Fsp3) is 0.154. The number of nitrogens with zero attached hydrogens (tertiary/aromatic N) is 4. The number of phenols is 1. The Balaban J connectivity index is 0. The summed E-state index contributed by atoms with van der Waals surface area (Å²) in [6.45, 7) is -1.45. The molecule has 3 N–H and O–H groups in total. The quantitative estimate of drug-likeness (QED) is 0.00801. The van der Waals surface area contributed by atoms with Crippen LogP contribution in [0.25, 0.3) is 10.8 Å². The zero-order chi connectivity index (χ0) is 44.3. The number of hydrogen-bond acceptors (Lipinski definition) is 30. The van der Waals surface area contributed by atoms with Gasteiger partial charge in [0.25, 0.3) is 0 Å². The van der Waals surface area contributed by atoms with Gasteiger partial charge in [0, 0.05) is 0 Å². The van der Waals surface area contributed by atoms with E-state index in [1.165, 1.54) is 12.1 Å². The maximum Gasteiger partial charge on any atom is 1.00 e. The summed E-state index contributed by atoms with van der Waals surface area (Å²) in [5.74, 6) is -2.42. The normalized spacial score (nSPS) is 12.0. The molecule has 4 aromatic rings. The average Bonchev–Trinajstić information content (AvgIpc) is 3.17. The Morgan fingerprint density at radius 3 is 1.74 bits per heavy atom. The Bertz CT molecular complexity index is 2710. The molecular formula is C26H20N5Na5O22S7. The van der Waals surface area contributed by atoms with E-state index in [4.69, 9.17) is 9.92 Å². The standard InChI is InChI=1S/C26H25N5O22S7.5Na/c27-23-22-14(11-20(55-52-49-34)24(26(22)32)30-28-15-1-3-16(4-2-15)57(36,37)9-7-46-56-53-50-35)12-21(59(40,41)42)25(23)31-29-18-6-5-17(13-19(18)54-51-48-33)58(38,39)10-8-47-60(43,44)45;;;;;/h1-6,11-13,32-35H,7-10,27H2,(H,40,41,42)(H,43,44,45);;;;;/q;5*+1/p-5. The van der Waals surface area contributed by atoms with Gasteiger partial charge in [-0.25, -0.2) is 33.7 Å². The molecule has 0 heterocycles. The number of aromatic hydroxyl groups is 1. The summed E-state index contributed by atoms with van der Waals surface area (Å²) in [4.78, 5) is -2.48. The van der Waals surface area contributed by atoms with Crippen LogP contribution in [-0.4, -0.2) is 72.6 Å². The first-order chi connectivity index (χ1) is 28.2. The monoisotopic (exact) mass is 1090 g/mol. The molecule has 0 amide bonds. The van der Waals surface area contributed by atoms with Crippen molar-refractivity contribution in [2.24, 2.45) is 20.5 Å². The van der Waals surface area contributed by atoms with Crippen LogP contribution >= 0.6 is 36.4 Å². The summed E-state index contributed by atoms with van der Waals surface area (Å²) in [6, 6.07) is 9.15. The molecule has 0 spiro atoms. The summed E-state index contributed by atoms with van der Waals surface area (Å²) >= 11 is 0.348. The first kappa shape index (κ1) is 68.3. The smallest absolute Gasteiger partial charge is 0.744 e. The van der Waals surface area contributed by atoms with Crippen molar-refractivity contribution in [2.75, 3.05) is 30.5 Å². The van der Waals surface area contributed by atoms with E-state index in [0.29, 0.717) is 6.07 Å². The SMILES string of the molecule is Nc1c(N=Nc2ccc(S(=O)(=O)CCOS(=O)(=O)[O-])cc2SOO[O-])c(S(=O)(=O)[O-])cc2cc(SOO[O-])c(N=Nc3ccc(S(=O)(=O)CCOSOO[O-])cc3)c(O)c12.[Na+].[Na+].[Na+].[Na+].[Na+]. The van der Waals surface area contributed by atoms with Crippen LogP contribution < -0.4 is 169 Å². The van der Waals surface area contributed by atoms with Crippen LogP contribution in [0.15, 0.2) is 99.5 Å². The van der Waals surface area contributed by atoms with Crippen molar-refractivity contribution >= 4 is 116 Å². The molecule has 27 nitrogen and oxygen atoms in total. The number of benzene rings is 4. The molecule has 0 bridgehead atoms. The van der Waals surface area contributed by atoms with Gasteiger partial charge in [0.1, 0.15) is 27.2 Å². The van der Waals surface area contributed by atoms with Crippen molar-refractivity contribution in [3.8, 4) is 5.75 Å². The molecule has 0 radical (unpaired) electrons. The second kappa shape index (κ2) is 31.7. The Morgan fingerprint density at radius 2 is 1.17 bits per heavy atom. The largest absolute Gasteiger partial charge is 1.00 e. The van der Waals surface area contributed by atoms with Gasteiger partial charge >= 0.3 is 148 Å². The second-order valence-electron chi connectivity index (χ2n) is 10.6. The van der Waals surface area contributed by atoms with Crippen molar-refractivity contribution in [1.29, 1.82) is 0 Å². The van der Waals surface area contributed by atoms with E-state index in [0.717, 1.165) is 36.4 Å². The molecule has 0 aliphatic carbocycles. The third kappa shape index (κ3) is 20.7. The first-order valence-corrected chi connectivity index (χ1v) is 23.1. The minimum atomic E-state index is -5.48. The van der Waals surface area contributed by atoms with Crippen LogP contribution in [0.2, 0.25) is 0 Å². The molecule has 0 saturated heterocycles. The van der Waals surface area contributed by atoms with Gasteiger partial charge in [-0.1, -0.05) is 0 Å². The van der Waals surface area contributed by atoms with Crippen LogP contribution in [0, 0.1) is 0 Å². The number of anilines is 1. The summed E-state index contributed by atoms with van der Waals surface area (Å²) < 4.78 is 141. The van der Waals surface area contributed by atoms with Gasteiger partial charge in [-0.05, 0) is 60.0 Å². The number of fused-ring (bicyclic) bond motifs is 1. The summed E-state index contributed by atoms with van der Waals surface area (Å²) in [5, 5.41) is 66.8. The van der Waals surface area contributed by atoms with E-state index in [9.17, 15) is 63.7 Å². The molecule has 0 aromatic heterocycles. The number of sulfone groups is 2. The van der Waals surface area contributed by atoms with Crippen LogP contribution in [0.5, 0.6) is 5.75 Å². The summed E-state index contributed by atoms with van der Waals surface area (Å²) in [5.41, 5.74) is 3.77. The topological polar surface area (TPSA) is 421 Å². The van der Waals surface area contributed by atoms with E-state index < -0.39 is 103 Å². The summed E-state index contributed by atoms with van der Waals surface area (Å²) in [6.07, 6.45) is 0. The fourth-order valence-electron chi connectivity index (χ4n) is 4.53. The number of rotatable bonds is 23. The van der Waals surface area contributed by atoms with Crippen molar-refractivity contribution < 1.29 is 248 Å². The third-order valence-corrected chi connectivity index (χ3v) is 13.3. The van der Waals surface area contributed by atoms with Crippen molar-refractivity contribution in [1.82, 2.24) is 0 Å². The molecule has 0 atom stereocenters. The van der Waals surface area contributed by atoms with Crippen LogP contribution in [0.1, 0.15) is 0 Å². The average molecular weight is 1090 g/mol. The summed E-state index contributed by atoms with van der Waals surface area (Å²) in [7, 11) is -19.0. The van der Waals surface area contributed by atoms with Gasteiger partial charge in [0.2, 0.25) is 10.4 Å². The van der Waals surface area contributed by atoms with Gasteiger partial charge in [-0.3, -0.25) is 23.5 Å².